The lowest BCUT2D eigenvalue weighted by atomic mass is 10.1. The fourth-order valence-electron chi connectivity index (χ4n) is 3.42. The third-order valence-electron chi connectivity index (χ3n) is 5.26. The Morgan fingerprint density at radius 2 is 1.71 bits per heavy atom. The maximum atomic E-state index is 13.0. The van der Waals surface area contributed by atoms with Crippen molar-refractivity contribution in [1.29, 1.82) is 0 Å². The average Bonchev–Trinajstić information content (AvgIpc) is 3.24. The number of Topliss-reactive ketones (excluding diaryl/α,β-unsaturated/α-hetero) is 1. The molecule has 0 spiro atoms. The molecule has 1 aromatic heterocycles. The van der Waals surface area contributed by atoms with Gasteiger partial charge in [-0.1, -0.05) is 48.6 Å². The molecule has 6 nitrogen and oxygen atoms in total. The van der Waals surface area contributed by atoms with Crippen molar-refractivity contribution in [1.82, 2.24) is 0 Å². The first-order chi connectivity index (χ1) is 16.9. The second-order valence-corrected chi connectivity index (χ2v) is 9.41. The number of para-hydroxylation sites is 1. The predicted octanol–water partition coefficient (Wildman–Crippen LogP) is 6.29. The number of ether oxygens (including phenoxy) is 4. The topological polar surface area (TPSA) is 71.1 Å². The lowest BCUT2D eigenvalue weighted by Gasteiger charge is -2.25. The van der Waals surface area contributed by atoms with Gasteiger partial charge in [0, 0.05) is 22.1 Å². The Morgan fingerprint density at radius 1 is 0.971 bits per heavy atom. The Hall–Kier alpha value is -3.00. The summed E-state index contributed by atoms with van der Waals surface area (Å²) in [6.07, 6.45) is 5.66. The van der Waals surface area contributed by atoms with Crippen LogP contribution in [0.15, 0.2) is 60.7 Å². The maximum absolute atomic E-state index is 13.0. The highest BCUT2D eigenvalue weighted by Crippen LogP contribution is 2.33. The molecule has 0 radical (unpaired) electrons. The van der Waals surface area contributed by atoms with Crippen molar-refractivity contribution in [2.24, 2.45) is 0 Å². The fourth-order valence-corrected chi connectivity index (χ4v) is 4.53. The normalized spacial score (nSPS) is 11.7. The fraction of sp³-hybridized carbons (Fsp3) is 0.357. The largest absolute Gasteiger partial charge is 0.485 e. The van der Waals surface area contributed by atoms with E-state index in [-0.39, 0.29) is 18.4 Å². The van der Waals surface area contributed by atoms with Gasteiger partial charge in [0.1, 0.15) is 5.75 Å². The van der Waals surface area contributed by atoms with E-state index in [9.17, 15) is 9.59 Å². The van der Waals surface area contributed by atoms with Gasteiger partial charge < -0.3 is 18.9 Å². The number of esters is 1. The maximum Gasteiger partial charge on any atom is 0.305 e. The first-order valence-corrected chi connectivity index (χ1v) is 12.4. The van der Waals surface area contributed by atoms with Gasteiger partial charge >= 0.3 is 5.97 Å². The number of methoxy groups -OCH3 is 1. The predicted molar refractivity (Wildman–Crippen MR) is 139 cm³/mol. The standard InChI is InChI=1S/C28H32O6S/c1-28(2,33-18-10-9-17-26(30)31-3)34-19-11-15-23-22-14-7-8-16-25(22)35-27(23)24(29)20-32-21-12-5-4-6-13-21/h4-8,11-16H,9-10,17-20H2,1-3H3/b15-11+. The van der Waals surface area contributed by atoms with Crippen molar-refractivity contribution in [3.8, 4) is 5.75 Å². The van der Waals surface area contributed by atoms with Crippen LogP contribution in [0, 0.1) is 0 Å². The van der Waals surface area contributed by atoms with E-state index in [1.165, 1.54) is 18.4 Å². The zero-order valence-electron chi connectivity index (χ0n) is 20.5. The third-order valence-corrected chi connectivity index (χ3v) is 6.49. The lowest BCUT2D eigenvalue weighted by molar-refractivity contribution is -0.207. The summed E-state index contributed by atoms with van der Waals surface area (Å²) in [5.74, 6) is -0.378. The number of rotatable bonds is 14. The summed E-state index contributed by atoms with van der Waals surface area (Å²) in [5.41, 5.74) is 0.873. The number of carbonyl (C=O) groups excluding carboxylic acids is 2. The Balaban J connectivity index is 1.58. The van der Waals surface area contributed by atoms with Gasteiger partial charge in [0.05, 0.1) is 25.2 Å². The summed E-state index contributed by atoms with van der Waals surface area (Å²) in [6, 6.07) is 17.3. The van der Waals surface area contributed by atoms with Crippen LogP contribution in [-0.2, 0) is 19.0 Å². The second-order valence-electron chi connectivity index (χ2n) is 8.36. The van der Waals surface area contributed by atoms with E-state index in [0.29, 0.717) is 36.7 Å². The molecular formula is C28H32O6S. The van der Waals surface area contributed by atoms with Crippen LogP contribution >= 0.6 is 11.3 Å². The molecule has 0 saturated heterocycles. The molecule has 3 aromatic rings. The number of benzene rings is 2. The molecule has 0 aliphatic rings. The summed E-state index contributed by atoms with van der Waals surface area (Å²) in [5, 5.41) is 1.03. The first-order valence-electron chi connectivity index (χ1n) is 11.6. The summed E-state index contributed by atoms with van der Waals surface area (Å²) in [6.45, 7) is 4.51. The minimum Gasteiger partial charge on any atom is -0.485 e. The van der Waals surface area contributed by atoms with Gasteiger partial charge in [0.2, 0.25) is 5.78 Å². The Labute approximate surface area is 210 Å². The smallest absolute Gasteiger partial charge is 0.305 e. The number of unbranched alkanes of at least 4 members (excludes halogenated alkanes) is 1. The van der Waals surface area contributed by atoms with Crippen LogP contribution in [0.4, 0.5) is 0 Å². The molecule has 0 aliphatic carbocycles. The summed E-state index contributed by atoms with van der Waals surface area (Å²) >= 11 is 1.47. The quantitative estimate of drug-likeness (QED) is 0.113. The van der Waals surface area contributed by atoms with Crippen molar-refractivity contribution in [3.63, 3.8) is 0 Å². The molecule has 0 bridgehead atoms. The molecule has 3 rings (SSSR count). The molecule has 0 N–H and O–H groups in total. The van der Waals surface area contributed by atoms with E-state index in [1.54, 1.807) is 0 Å². The van der Waals surface area contributed by atoms with Crippen LogP contribution in [-0.4, -0.2) is 44.5 Å². The van der Waals surface area contributed by atoms with Gasteiger partial charge in [-0.25, -0.2) is 0 Å². The van der Waals surface area contributed by atoms with Crippen molar-refractivity contribution in [2.75, 3.05) is 26.9 Å². The summed E-state index contributed by atoms with van der Waals surface area (Å²) < 4.78 is 23.1. The van der Waals surface area contributed by atoms with Crippen LogP contribution in [0.25, 0.3) is 16.2 Å². The molecule has 7 heteroatoms. The van der Waals surface area contributed by atoms with Crippen LogP contribution in [0.5, 0.6) is 5.75 Å². The SMILES string of the molecule is COC(=O)CCCCOC(C)(C)OC/C=C/c1c(C(=O)COc2ccccc2)sc2ccccc12. The molecule has 186 valence electrons. The molecule has 0 atom stereocenters. The van der Waals surface area contributed by atoms with Gasteiger partial charge in [0.15, 0.2) is 12.4 Å². The second kappa shape index (κ2) is 13.2. The monoisotopic (exact) mass is 496 g/mol. The molecule has 1 heterocycles. The number of carbonyl (C=O) groups is 2. The zero-order chi connectivity index (χ0) is 25.1. The van der Waals surface area contributed by atoms with E-state index in [0.717, 1.165) is 22.1 Å². The van der Waals surface area contributed by atoms with Gasteiger partial charge in [-0.2, -0.15) is 0 Å². The van der Waals surface area contributed by atoms with Gasteiger partial charge in [-0.15, -0.1) is 11.3 Å². The number of ketones is 1. The Bertz CT molecular complexity index is 1130. The highest BCUT2D eigenvalue weighted by molar-refractivity contribution is 7.21. The van der Waals surface area contributed by atoms with Crippen LogP contribution < -0.4 is 4.74 Å². The van der Waals surface area contributed by atoms with Gasteiger partial charge in [-0.3, -0.25) is 9.59 Å². The number of hydrogen-bond donors (Lipinski definition) is 0. The zero-order valence-corrected chi connectivity index (χ0v) is 21.3. The van der Waals surface area contributed by atoms with Crippen LogP contribution in [0.2, 0.25) is 0 Å². The molecule has 0 aliphatic heterocycles. The number of fused-ring (bicyclic) bond motifs is 1. The molecule has 2 aromatic carbocycles. The molecule has 0 amide bonds. The third kappa shape index (κ3) is 8.31. The van der Waals surface area contributed by atoms with Crippen molar-refractivity contribution in [2.45, 2.75) is 38.9 Å². The van der Waals surface area contributed by atoms with Gasteiger partial charge in [0.25, 0.3) is 0 Å². The van der Waals surface area contributed by atoms with Crippen LogP contribution in [0.1, 0.15) is 48.3 Å². The Kier molecular flexibility index (Phi) is 10.0. The number of thiophene rings is 1. The minimum absolute atomic E-state index is 0.0228. The van der Waals surface area contributed by atoms with E-state index in [2.05, 4.69) is 4.74 Å². The number of hydrogen-bond acceptors (Lipinski definition) is 7. The summed E-state index contributed by atoms with van der Waals surface area (Å²) in [7, 11) is 1.39. The molecule has 35 heavy (non-hydrogen) atoms. The van der Waals surface area contributed by atoms with E-state index in [4.69, 9.17) is 14.2 Å². The van der Waals surface area contributed by atoms with Gasteiger partial charge in [-0.05, 0) is 44.9 Å². The molecule has 0 unspecified atom stereocenters. The summed E-state index contributed by atoms with van der Waals surface area (Å²) in [4.78, 5) is 24.8. The molecular weight excluding hydrogens is 464 g/mol. The molecule has 0 saturated carbocycles. The lowest BCUT2D eigenvalue weighted by Crippen LogP contribution is -2.29. The van der Waals surface area contributed by atoms with Crippen molar-refractivity contribution < 1.29 is 28.5 Å². The van der Waals surface area contributed by atoms with Crippen molar-refractivity contribution in [3.05, 3.63) is 71.1 Å². The van der Waals surface area contributed by atoms with E-state index < -0.39 is 5.79 Å². The average molecular weight is 497 g/mol. The van der Waals surface area contributed by atoms with Crippen LogP contribution in [0.3, 0.4) is 0 Å². The molecule has 0 fully saturated rings. The minimum atomic E-state index is -0.769. The van der Waals surface area contributed by atoms with E-state index in [1.807, 2.05) is 80.6 Å². The van der Waals surface area contributed by atoms with Crippen molar-refractivity contribution >= 4 is 39.3 Å². The first kappa shape index (κ1) is 26.6. The Morgan fingerprint density at radius 3 is 2.49 bits per heavy atom. The highest BCUT2D eigenvalue weighted by Gasteiger charge is 2.19. The van der Waals surface area contributed by atoms with E-state index >= 15 is 0 Å². The highest BCUT2D eigenvalue weighted by atomic mass is 32.1.